The van der Waals surface area contributed by atoms with Crippen molar-refractivity contribution in [2.75, 3.05) is 13.7 Å². The minimum atomic E-state index is -0.841. The zero-order valence-electron chi connectivity index (χ0n) is 24.2. The summed E-state index contributed by atoms with van der Waals surface area (Å²) >= 11 is 1.23. The normalized spacial score (nSPS) is 14.5. The summed E-state index contributed by atoms with van der Waals surface area (Å²) in [6.45, 7) is 5.34. The summed E-state index contributed by atoms with van der Waals surface area (Å²) in [5, 5.41) is 0. The minimum absolute atomic E-state index is 0.159. The van der Waals surface area contributed by atoms with Crippen LogP contribution < -0.4 is 29.1 Å². The van der Waals surface area contributed by atoms with E-state index in [2.05, 4.69) is 4.99 Å². The molecule has 0 radical (unpaired) electrons. The van der Waals surface area contributed by atoms with Gasteiger partial charge in [0.05, 0.1) is 35.6 Å². The van der Waals surface area contributed by atoms with Gasteiger partial charge in [-0.15, -0.1) is 0 Å². The maximum Gasteiger partial charge on any atom is 0.338 e. The van der Waals surface area contributed by atoms with Crippen molar-refractivity contribution in [3.8, 4) is 17.2 Å². The fraction of sp³-hybridized carbons (Fsp3) is 0.212. The highest BCUT2D eigenvalue weighted by Crippen LogP contribution is 2.36. The summed E-state index contributed by atoms with van der Waals surface area (Å²) < 4.78 is 23.9. The SMILES string of the molecule is CCOC(=O)C1=C(C)N=c2s/c(=C/c3ccc(OCc4ccccc4)cc3)c(=O)n2[C@@H]1c1ccc(OC(C)=O)c(OC)c1. The highest BCUT2D eigenvalue weighted by molar-refractivity contribution is 7.07. The van der Waals surface area contributed by atoms with Crippen molar-refractivity contribution < 1.29 is 28.5 Å². The third-order valence-corrected chi connectivity index (χ3v) is 7.68. The van der Waals surface area contributed by atoms with E-state index < -0.39 is 18.0 Å². The molecule has 0 unspecified atom stereocenters. The number of carbonyl (C=O) groups excluding carboxylic acids is 2. The molecule has 0 saturated carbocycles. The number of esters is 2. The molecule has 1 aliphatic heterocycles. The number of nitrogens with zero attached hydrogens (tertiary/aromatic N) is 2. The molecular formula is C33H30N2O7S. The van der Waals surface area contributed by atoms with Gasteiger partial charge in [-0.3, -0.25) is 14.2 Å². The first-order chi connectivity index (χ1) is 20.8. The molecule has 1 aromatic heterocycles. The van der Waals surface area contributed by atoms with Crippen molar-refractivity contribution in [2.24, 2.45) is 4.99 Å². The Morgan fingerprint density at radius 1 is 1.02 bits per heavy atom. The molecule has 43 heavy (non-hydrogen) atoms. The number of allylic oxidation sites excluding steroid dienone is 1. The molecule has 0 saturated heterocycles. The molecule has 3 aromatic carbocycles. The second-order valence-corrected chi connectivity index (χ2v) is 10.7. The number of hydrogen-bond acceptors (Lipinski definition) is 9. The van der Waals surface area contributed by atoms with Crippen LogP contribution in [-0.4, -0.2) is 30.2 Å². The van der Waals surface area contributed by atoms with Crippen molar-refractivity contribution in [2.45, 2.75) is 33.4 Å². The Kier molecular flexibility index (Phi) is 8.87. The van der Waals surface area contributed by atoms with E-state index in [0.717, 1.165) is 11.1 Å². The first-order valence-electron chi connectivity index (χ1n) is 13.6. The quantitative estimate of drug-likeness (QED) is 0.209. The number of fused-ring (bicyclic) bond motifs is 1. The van der Waals surface area contributed by atoms with Crippen LogP contribution in [0.4, 0.5) is 0 Å². The van der Waals surface area contributed by atoms with Gasteiger partial charge >= 0.3 is 11.9 Å². The fourth-order valence-electron chi connectivity index (χ4n) is 4.75. The highest BCUT2D eigenvalue weighted by atomic mass is 32.1. The lowest BCUT2D eigenvalue weighted by molar-refractivity contribution is -0.139. The third-order valence-electron chi connectivity index (χ3n) is 6.70. The molecule has 220 valence electrons. The average molecular weight is 599 g/mol. The Bertz CT molecular complexity index is 1870. The van der Waals surface area contributed by atoms with Gasteiger partial charge in [0.2, 0.25) is 0 Å². The Morgan fingerprint density at radius 2 is 1.77 bits per heavy atom. The molecule has 0 spiro atoms. The van der Waals surface area contributed by atoms with Gasteiger partial charge in [-0.2, -0.15) is 0 Å². The van der Waals surface area contributed by atoms with Crippen LogP contribution in [-0.2, 0) is 20.9 Å². The Morgan fingerprint density at radius 3 is 2.44 bits per heavy atom. The van der Waals surface area contributed by atoms with Crippen LogP contribution in [0.1, 0.15) is 43.5 Å². The smallest absolute Gasteiger partial charge is 0.338 e. The first-order valence-corrected chi connectivity index (χ1v) is 14.4. The molecule has 5 rings (SSSR count). The second-order valence-electron chi connectivity index (χ2n) is 9.65. The van der Waals surface area contributed by atoms with Crippen molar-refractivity contribution in [1.82, 2.24) is 4.57 Å². The van der Waals surface area contributed by atoms with E-state index in [1.54, 1.807) is 38.1 Å². The topological polar surface area (TPSA) is 105 Å². The number of methoxy groups -OCH3 is 1. The Hall–Kier alpha value is -4.96. The predicted octanol–water partition coefficient (Wildman–Crippen LogP) is 4.31. The lowest BCUT2D eigenvalue weighted by atomic mass is 9.95. The average Bonchev–Trinajstić information content (AvgIpc) is 3.30. The highest BCUT2D eigenvalue weighted by Gasteiger charge is 2.34. The Balaban J connectivity index is 1.54. The molecule has 1 aliphatic rings. The van der Waals surface area contributed by atoms with E-state index in [4.69, 9.17) is 18.9 Å². The summed E-state index contributed by atoms with van der Waals surface area (Å²) in [7, 11) is 1.45. The standard InChI is InChI=1S/C33H30N2O7S/c1-5-40-32(38)29-20(2)34-33-35(30(29)24-13-16-26(42-21(3)36)27(18-24)39-4)31(37)28(43-33)17-22-11-14-25(15-12-22)41-19-23-9-7-6-8-10-23/h6-18,30H,5,19H2,1-4H3/b28-17+/t30-/m1/s1. The maximum absolute atomic E-state index is 13.9. The van der Waals surface area contributed by atoms with Crippen LogP contribution in [0, 0.1) is 0 Å². The summed E-state index contributed by atoms with van der Waals surface area (Å²) in [5.41, 5.74) is 2.82. The lowest BCUT2D eigenvalue weighted by Crippen LogP contribution is -2.40. The largest absolute Gasteiger partial charge is 0.493 e. The van der Waals surface area contributed by atoms with Crippen LogP contribution >= 0.6 is 11.3 Å². The molecule has 0 fully saturated rings. The van der Waals surface area contributed by atoms with Crippen LogP contribution in [0.15, 0.2) is 93.9 Å². The number of carbonyl (C=O) groups is 2. The van der Waals surface area contributed by atoms with Gasteiger partial charge in [-0.25, -0.2) is 9.79 Å². The van der Waals surface area contributed by atoms with Gasteiger partial charge in [0, 0.05) is 6.92 Å². The van der Waals surface area contributed by atoms with E-state index in [1.807, 2.05) is 54.6 Å². The summed E-state index contributed by atoms with van der Waals surface area (Å²) in [6, 6.07) is 21.4. The van der Waals surface area contributed by atoms with Gasteiger partial charge in [0.15, 0.2) is 16.3 Å². The predicted molar refractivity (Wildman–Crippen MR) is 162 cm³/mol. The molecule has 0 N–H and O–H groups in total. The monoisotopic (exact) mass is 598 g/mol. The van der Waals surface area contributed by atoms with Gasteiger partial charge in [-0.1, -0.05) is 59.9 Å². The minimum Gasteiger partial charge on any atom is -0.493 e. The number of hydrogen-bond donors (Lipinski definition) is 0. The van der Waals surface area contributed by atoms with E-state index in [1.165, 1.54) is 29.9 Å². The van der Waals surface area contributed by atoms with Crippen molar-refractivity contribution in [3.63, 3.8) is 0 Å². The van der Waals surface area contributed by atoms with Crippen LogP contribution in [0.3, 0.4) is 0 Å². The Labute approximate surface area is 252 Å². The lowest BCUT2D eigenvalue weighted by Gasteiger charge is -2.25. The number of thiazole rings is 1. The van der Waals surface area contributed by atoms with Crippen molar-refractivity contribution in [1.29, 1.82) is 0 Å². The zero-order chi connectivity index (χ0) is 30.5. The third kappa shape index (κ3) is 6.44. The summed E-state index contributed by atoms with van der Waals surface area (Å²) in [6.07, 6.45) is 1.79. The zero-order valence-corrected chi connectivity index (χ0v) is 25.0. The number of benzene rings is 3. The molecule has 10 heteroatoms. The van der Waals surface area contributed by atoms with Crippen LogP contribution in [0.5, 0.6) is 17.2 Å². The maximum atomic E-state index is 13.9. The molecule has 0 aliphatic carbocycles. The van der Waals surface area contributed by atoms with E-state index in [-0.39, 0.29) is 29.2 Å². The van der Waals surface area contributed by atoms with E-state index in [0.29, 0.717) is 33.0 Å². The molecular weight excluding hydrogens is 568 g/mol. The van der Waals surface area contributed by atoms with E-state index in [9.17, 15) is 14.4 Å². The van der Waals surface area contributed by atoms with Gasteiger partial charge in [0.25, 0.3) is 5.56 Å². The molecule has 4 aromatic rings. The summed E-state index contributed by atoms with van der Waals surface area (Å²) in [4.78, 5) is 43.7. The number of rotatable bonds is 9. The van der Waals surface area contributed by atoms with Gasteiger partial charge < -0.3 is 18.9 Å². The van der Waals surface area contributed by atoms with E-state index >= 15 is 0 Å². The number of ether oxygens (including phenoxy) is 4. The molecule has 0 amide bonds. The van der Waals surface area contributed by atoms with Gasteiger partial charge in [-0.05, 0) is 60.9 Å². The van der Waals surface area contributed by atoms with Crippen molar-refractivity contribution in [3.05, 3.63) is 120 Å². The fourth-order valence-corrected chi connectivity index (χ4v) is 5.80. The summed E-state index contributed by atoms with van der Waals surface area (Å²) in [5.74, 6) is 0.140. The first kappa shape index (κ1) is 29.5. The number of aromatic nitrogens is 1. The van der Waals surface area contributed by atoms with Gasteiger partial charge in [0.1, 0.15) is 12.4 Å². The van der Waals surface area contributed by atoms with Crippen LogP contribution in [0.2, 0.25) is 0 Å². The van der Waals surface area contributed by atoms with Crippen molar-refractivity contribution >= 4 is 29.4 Å². The second kappa shape index (κ2) is 12.9. The molecule has 2 heterocycles. The molecule has 9 nitrogen and oxygen atoms in total. The molecule has 0 bridgehead atoms. The van der Waals surface area contributed by atoms with Crippen LogP contribution in [0.25, 0.3) is 6.08 Å². The molecule has 1 atom stereocenters.